The van der Waals surface area contributed by atoms with E-state index in [9.17, 15) is 18.4 Å². The van der Waals surface area contributed by atoms with Crippen molar-refractivity contribution >= 4 is 23.2 Å². The molecule has 0 aliphatic carbocycles. The summed E-state index contributed by atoms with van der Waals surface area (Å²) in [4.78, 5) is 24.6. The molecular formula is C17H13F2N3O2. The van der Waals surface area contributed by atoms with Gasteiger partial charge < -0.3 is 5.32 Å². The Morgan fingerprint density at radius 2 is 1.75 bits per heavy atom. The molecule has 2 aromatic carbocycles. The molecular weight excluding hydrogens is 316 g/mol. The van der Waals surface area contributed by atoms with E-state index in [1.807, 2.05) is 6.07 Å². The van der Waals surface area contributed by atoms with Crippen LogP contribution in [0.25, 0.3) is 0 Å². The Morgan fingerprint density at radius 1 is 1.12 bits per heavy atom. The van der Waals surface area contributed by atoms with E-state index in [4.69, 9.17) is 5.26 Å². The molecule has 24 heavy (non-hydrogen) atoms. The number of halogens is 2. The van der Waals surface area contributed by atoms with Gasteiger partial charge in [-0.05, 0) is 24.3 Å². The maximum absolute atomic E-state index is 13.8. The first-order valence-electron chi connectivity index (χ1n) is 6.95. The van der Waals surface area contributed by atoms with Crippen molar-refractivity contribution in [2.45, 2.75) is 6.92 Å². The number of hydrogen-bond donors (Lipinski definition) is 1. The van der Waals surface area contributed by atoms with Gasteiger partial charge in [0.25, 0.3) is 0 Å². The van der Waals surface area contributed by atoms with E-state index in [1.165, 1.54) is 12.1 Å². The molecule has 0 radical (unpaired) electrons. The van der Waals surface area contributed by atoms with Crippen molar-refractivity contribution in [3.05, 3.63) is 59.7 Å². The summed E-state index contributed by atoms with van der Waals surface area (Å²) < 4.78 is 27.7. The summed E-state index contributed by atoms with van der Waals surface area (Å²) in [6.07, 6.45) is 0. The Kier molecular flexibility index (Phi) is 5.22. The van der Waals surface area contributed by atoms with Gasteiger partial charge in [0, 0.05) is 6.92 Å². The summed E-state index contributed by atoms with van der Waals surface area (Å²) >= 11 is 0. The van der Waals surface area contributed by atoms with Gasteiger partial charge in [0.05, 0.1) is 11.3 Å². The van der Waals surface area contributed by atoms with Gasteiger partial charge in [-0.1, -0.05) is 18.2 Å². The molecule has 2 amide bonds. The fourth-order valence-corrected chi connectivity index (χ4v) is 2.12. The van der Waals surface area contributed by atoms with Crippen molar-refractivity contribution in [3.8, 4) is 6.07 Å². The summed E-state index contributed by atoms with van der Waals surface area (Å²) in [6, 6.07) is 11.3. The molecule has 2 aromatic rings. The molecule has 0 saturated heterocycles. The van der Waals surface area contributed by atoms with Crippen LogP contribution in [-0.4, -0.2) is 18.4 Å². The number of nitrogens with one attached hydrogen (secondary N) is 1. The third-order valence-electron chi connectivity index (χ3n) is 3.21. The molecule has 0 aliphatic rings. The Morgan fingerprint density at radius 3 is 2.33 bits per heavy atom. The number of carbonyl (C=O) groups excluding carboxylic acids is 2. The lowest BCUT2D eigenvalue weighted by molar-refractivity contribution is -0.120. The molecule has 7 heteroatoms. The van der Waals surface area contributed by atoms with Gasteiger partial charge in [0.1, 0.15) is 29.9 Å². The fourth-order valence-electron chi connectivity index (χ4n) is 2.12. The van der Waals surface area contributed by atoms with Crippen LogP contribution < -0.4 is 10.2 Å². The largest absolute Gasteiger partial charge is 0.323 e. The average Bonchev–Trinajstić information content (AvgIpc) is 2.54. The van der Waals surface area contributed by atoms with E-state index in [0.717, 1.165) is 25.1 Å². The number of amides is 2. The number of rotatable bonds is 4. The molecule has 0 unspecified atom stereocenters. The first kappa shape index (κ1) is 17.1. The van der Waals surface area contributed by atoms with Gasteiger partial charge in [-0.3, -0.25) is 14.5 Å². The number of carbonyl (C=O) groups is 2. The summed E-state index contributed by atoms with van der Waals surface area (Å²) in [7, 11) is 0. The zero-order valence-electron chi connectivity index (χ0n) is 12.7. The van der Waals surface area contributed by atoms with Crippen LogP contribution in [0.1, 0.15) is 12.5 Å². The van der Waals surface area contributed by atoms with E-state index in [0.29, 0.717) is 4.90 Å². The highest BCUT2D eigenvalue weighted by atomic mass is 19.1. The molecule has 0 saturated carbocycles. The molecule has 0 atom stereocenters. The molecule has 0 spiro atoms. The topological polar surface area (TPSA) is 73.2 Å². The molecule has 0 aromatic heterocycles. The van der Waals surface area contributed by atoms with Gasteiger partial charge >= 0.3 is 0 Å². The zero-order chi connectivity index (χ0) is 17.7. The van der Waals surface area contributed by atoms with Crippen LogP contribution in [0.5, 0.6) is 0 Å². The number of nitrogens with zero attached hydrogens (tertiary/aromatic N) is 2. The van der Waals surface area contributed by atoms with Crippen LogP contribution >= 0.6 is 0 Å². The molecule has 0 aliphatic heterocycles. The number of benzene rings is 2. The molecule has 0 heterocycles. The van der Waals surface area contributed by atoms with Crippen LogP contribution in [0.4, 0.5) is 20.2 Å². The van der Waals surface area contributed by atoms with Gasteiger partial charge in [-0.25, -0.2) is 8.78 Å². The van der Waals surface area contributed by atoms with Crippen molar-refractivity contribution in [1.82, 2.24) is 0 Å². The second kappa shape index (κ2) is 7.33. The first-order valence-corrected chi connectivity index (χ1v) is 6.95. The van der Waals surface area contributed by atoms with Crippen LogP contribution in [-0.2, 0) is 9.59 Å². The molecule has 122 valence electrons. The first-order chi connectivity index (χ1) is 11.4. The lowest BCUT2D eigenvalue weighted by Gasteiger charge is -2.21. The standard InChI is InChI=1S/C17H13F2N3O2/c1-11(23)22(17-13(18)6-4-7-14(17)19)10-16(24)21-15-8-3-2-5-12(15)9-20/h2-8H,10H2,1H3,(H,21,24). The number of hydrogen-bond acceptors (Lipinski definition) is 3. The van der Waals surface area contributed by atoms with Crippen molar-refractivity contribution in [1.29, 1.82) is 5.26 Å². The highest BCUT2D eigenvalue weighted by Crippen LogP contribution is 2.23. The van der Waals surface area contributed by atoms with Crippen LogP contribution in [0, 0.1) is 23.0 Å². The van der Waals surface area contributed by atoms with E-state index in [1.54, 1.807) is 12.1 Å². The number of anilines is 2. The molecule has 1 N–H and O–H groups in total. The Bertz CT molecular complexity index is 811. The molecule has 0 fully saturated rings. The van der Waals surface area contributed by atoms with E-state index in [2.05, 4.69) is 5.32 Å². The second-order valence-electron chi connectivity index (χ2n) is 4.88. The summed E-state index contributed by atoms with van der Waals surface area (Å²) in [6.45, 7) is 0.509. The molecule has 0 bridgehead atoms. The zero-order valence-corrected chi connectivity index (χ0v) is 12.7. The third kappa shape index (κ3) is 3.73. The van der Waals surface area contributed by atoms with Gasteiger partial charge in [0.15, 0.2) is 0 Å². The Labute approximate surface area is 137 Å². The minimum absolute atomic E-state index is 0.234. The van der Waals surface area contributed by atoms with Crippen LogP contribution in [0.3, 0.4) is 0 Å². The molecule has 5 nitrogen and oxygen atoms in total. The Balaban J connectivity index is 2.24. The summed E-state index contributed by atoms with van der Waals surface area (Å²) in [5, 5.41) is 11.4. The normalized spacial score (nSPS) is 9.92. The number of para-hydroxylation sites is 2. The van der Waals surface area contributed by atoms with E-state index < -0.39 is 35.7 Å². The minimum atomic E-state index is -0.949. The van der Waals surface area contributed by atoms with Crippen LogP contribution in [0.2, 0.25) is 0 Å². The maximum atomic E-state index is 13.8. The SMILES string of the molecule is CC(=O)N(CC(=O)Nc1ccccc1C#N)c1c(F)cccc1F. The predicted molar refractivity (Wildman–Crippen MR) is 84.2 cm³/mol. The highest BCUT2D eigenvalue weighted by molar-refractivity contribution is 6.02. The van der Waals surface area contributed by atoms with Crippen molar-refractivity contribution in [2.24, 2.45) is 0 Å². The summed E-state index contributed by atoms with van der Waals surface area (Å²) in [5.41, 5.74) is -0.103. The predicted octanol–water partition coefficient (Wildman–Crippen LogP) is 2.83. The van der Waals surface area contributed by atoms with E-state index in [-0.39, 0.29) is 11.3 Å². The smallest absolute Gasteiger partial charge is 0.244 e. The highest BCUT2D eigenvalue weighted by Gasteiger charge is 2.23. The van der Waals surface area contributed by atoms with Crippen molar-refractivity contribution in [2.75, 3.05) is 16.8 Å². The summed E-state index contributed by atoms with van der Waals surface area (Å²) in [5.74, 6) is -3.27. The van der Waals surface area contributed by atoms with Gasteiger partial charge in [-0.2, -0.15) is 5.26 Å². The maximum Gasteiger partial charge on any atom is 0.244 e. The van der Waals surface area contributed by atoms with Crippen molar-refractivity contribution in [3.63, 3.8) is 0 Å². The Hall–Kier alpha value is -3.27. The van der Waals surface area contributed by atoms with Gasteiger partial charge in [-0.15, -0.1) is 0 Å². The minimum Gasteiger partial charge on any atom is -0.323 e. The number of nitriles is 1. The lowest BCUT2D eigenvalue weighted by atomic mass is 10.2. The van der Waals surface area contributed by atoms with E-state index >= 15 is 0 Å². The lowest BCUT2D eigenvalue weighted by Crippen LogP contribution is -2.38. The van der Waals surface area contributed by atoms with Crippen molar-refractivity contribution < 1.29 is 18.4 Å². The van der Waals surface area contributed by atoms with Gasteiger partial charge in [0.2, 0.25) is 11.8 Å². The monoisotopic (exact) mass is 329 g/mol. The van der Waals surface area contributed by atoms with Crippen LogP contribution in [0.15, 0.2) is 42.5 Å². The third-order valence-corrected chi connectivity index (χ3v) is 3.21. The second-order valence-corrected chi connectivity index (χ2v) is 4.88. The quantitative estimate of drug-likeness (QED) is 0.937. The average molecular weight is 329 g/mol. The fraction of sp³-hybridized carbons (Fsp3) is 0.118. The molecule has 2 rings (SSSR count).